The Morgan fingerprint density at radius 2 is 0.797 bits per heavy atom. The second kappa shape index (κ2) is 54.8. The minimum absolute atomic E-state index is 0.0466. The molecule has 0 fully saturated rings. The lowest BCUT2D eigenvalue weighted by Crippen LogP contribution is -2.29. The smallest absolute Gasteiger partial charge is 0.462 e. The molecule has 0 aromatic heterocycles. The van der Waals surface area contributed by atoms with Gasteiger partial charge in [0.25, 0.3) is 0 Å². The Kier molecular flexibility index (Phi) is 52.8. The molecule has 0 aromatic rings. The third-order valence-corrected chi connectivity index (χ3v) is 13.1. The van der Waals surface area contributed by atoms with Gasteiger partial charge in [0.2, 0.25) is 0 Å². The van der Waals surface area contributed by atoms with Crippen molar-refractivity contribution < 1.29 is 37.6 Å². The van der Waals surface area contributed by atoms with E-state index in [1.807, 2.05) is 0 Å². The topological polar surface area (TPSA) is 134 Å². The normalized spacial score (nSPS) is 13.6. The van der Waals surface area contributed by atoms with Crippen molar-refractivity contribution in [3.05, 3.63) is 72.9 Å². The van der Waals surface area contributed by atoms with Gasteiger partial charge >= 0.3 is 19.8 Å². The summed E-state index contributed by atoms with van der Waals surface area (Å²) >= 11 is 0. The van der Waals surface area contributed by atoms with Crippen molar-refractivity contribution in [2.24, 2.45) is 5.73 Å². The first kappa shape index (κ1) is 66.5. The fourth-order valence-corrected chi connectivity index (χ4v) is 8.70. The Morgan fingerprint density at radius 3 is 1.19 bits per heavy atom. The van der Waals surface area contributed by atoms with E-state index in [1.165, 1.54) is 141 Å². The molecule has 3 N–H and O–H groups in total. The number of carbonyl (C=O) groups is 2. The number of rotatable bonds is 53. The van der Waals surface area contributed by atoms with Gasteiger partial charge in [0.1, 0.15) is 6.61 Å². The van der Waals surface area contributed by atoms with Crippen molar-refractivity contribution in [1.82, 2.24) is 0 Å². The molecule has 0 radical (unpaired) electrons. The maximum atomic E-state index is 12.7. The molecule has 0 bridgehead atoms. The average molecular weight is 988 g/mol. The van der Waals surface area contributed by atoms with E-state index < -0.39 is 26.5 Å². The third kappa shape index (κ3) is 54.6. The van der Waals surface area contributed by atoms with Gasteiger partial charge in [0, 0.05) is 19.4 Å². The van der Waals surface area contributed by atoms with Gasteiger partial charge in [0.15, 0.2) is 6.10 Å². The Bertz CT molecular complexity index is 1360. The Morgan fingerprint density at radius 1 is 0.449 bits per heavy atom. The first-order valence-corrected chi connectivity index (χ1v) is 29.9. The zero-order valence-corrected chi connectivity index (χ0v) is 45.4. The molecule has 0 rings (SSSR count). The lowest BCUT2D eigenvalue weighted by molar-refractivity contribution is -0.161. The van der Waals surface area contributed by atoms with Crippen LogP contribution in [0.1, 0.15) is 258 Å². The van der Waals surface area contributed by atoms with Crippen LogP contribution in [0.15, 0.2) is 72.9 Å². The largest absolute Gasteiger partial charge is 0.472 e. The second-order valence-electron chi connectivity index (χ2n) is 18.8. The van der Waals surface area contributed by atoms with Gasteiger partial charge in [-0.05, 0) is 64.2 Å². The van der Waals surface area contributed by atoms with Crippen molar-refractivity contribution in [3.63, 3.8) is 0 Å². The van der Waals surface area contributed by atoms with E-state index in [9.17, 15) is 19.0 Å². The highest BCUT2D eigenvalue weighted by atomic mass is 31.2. The number of phosphoric ester groups is 1. The number of hydrogen-bond acceptors (Lipinski definition) is 8. The standard InChI is InChI=1S/C59H106NO8P/c1-3-5-7-9-11-13-15-17-19-21-23-25-27-28-30-31-33-35-37-39-41-43-45-47-49-51-58(61)65-55-57(56-67-69(63,64)66-54-53-60)68-59(62)52-50-48-46-44-42-40-38-36-34-32-29-26-24-22-20-18-16-14-12-10-8-6-4-2/h6,8,12,14,18,20,24,26,32,34,38,40,57H,3-5,7,9-11,13,15-17,19,21-23,25,27-31,33,35-37,39,41-56,60H2,1-2H3,(H,63,64)/b8-6-,14-12-,20-18-,26-24-,34-32-,40-38-. The first-order valence-electron chi connectivity index (χ1n) is 28.4. The molecule has 0 aliphatic rings. The summed E-state index contributed by atoms with van der Waals surface area (Å²) in [6, 6.07) is 0. The lowest BCUT2D eigenvalue weighted by atomic mass is 10.0. The van der Waals surface area contributed by atoms with E-state index in [0.29, 0.717) is 6.42 Å². The van der Waals surface area contributed by atoms with E-state index in [2.05, 4.69) is 86.8 Å². The summed E-state index contributed by atoms with van der Waals surface area (Å²) in [6.45, 7) is 3.63. The van der Waals surface area contributed by atoms with E-state index in [1.54, 1.807) is 0 Å². The molecule has 0 spiro atoms. The Hall–Kier alpha value is -2.55. The Balaban J connectivity index is 4.03. The molecular formula is C59H106NO8P. The maximum absolute atomic E-state index is 12.7. The number of hydrogen-bond donors (Lipinski definition) is 2. The fourth-order valence-electron chi connectivity index (χ4n) is 7.93. The highest BCUT2D eigenvalue weighted by molar-refractivity contribution is 7.47. The average Bonchev–Trinajstić information content (AvgIpc) is 3.34. The molecule has 0 aliphatic carbocycles. The lowest BCUT2D eigenvalue weighted by Gasteiger charge is -2.19. The number of carbonyl (C=O) groups excluding carboxylic acids is 2. The van der Waals surface area contributed by atoms with Gasteiger partial charge in [0.05, 0.1) is 13.2 Å². The molecule has 2 atom stereocenters. The Labute approximate surface area is 424 Å². The zero-order valence-electron chi connectivity index (χ0n) is 44.5. The van der Waals surface area contributed by atoms with Gasteiger partial charge in [-0.2, -0.15) is 0 Å². The molecular weight excluding hydrogens is 882 g/mol. The summed E-state index contributed by atoms with van der Waals surface area (Å²) in [5, 5.41) is 0. The van der Waals surface area contributed by atoms with Gasteiger partial charge in [-0.1, -0.05) is 254 Å². The van der Waals surface area contributed by atoms with E-state index in [4.69, 9.17) is 24.3 Å². The van der Waals surface area contributed by atoms with E-state index >= 15 is 0 Å². The van der Waals surface area contributed by atoms with Crippen molar-refractivity contribution in [1.29, 1.82) is 0 Å². The minimum Gasteiger partial charge on any atom is -0.462 e. The summed E-state index contributed by atoms with van der Waals surface area (Å²) in [5.74, 6) is -0.851. The highest BCUT2D eigenvalue weighted by Gasteiger charge is 2.26. The van der Waals surface area contributed by atoms with Crippen LogP contribution in [0.25, 0.3) is 0 Å². The molecule has 0 amide bonds. The van der Waals surface area contributed by atoms with Crippen molar-refractivity contribution in [2.75, 3.05) is 26.4 Å². The molecule has 69 heavy (non-hydrogen) atoms. The second-order valence-corrected chi connectivity index (χ2v) is 20.2. The SMILES string of the molecule is CC/C=C\C/C=C\C/C=C\C/C=C\C/C=C\C/C=C\CCCCCCC(=O)OC(COC(=O)CCCCCCCCCCCCCCCCCCCCCCCCCCC)COP(=O)(O)OCCN. The predicted molar refractivity (Wildman–Crippen MR) is 293 cm³/mol. The molecule has 400 valence electrons. The van der Waals surface area contributed by atoms with Crippen LogP contribution >= 0.6 is 7.82 Å². The van der Waals surface area contributed by atoms with Crippen molar-refractivity contribution in [3.8, 4) is 0 Å². The number of allylic oxidation sites excluding steroid dienone is 12. The van der Waals surface area contributed by atoms with Crippen LogP contribution in [-0.2, 0) is 32.7 Å². The highest BCUT2D eigenvalue weighted by Crippen LogP contribution is 2.43. The van der Waals surface area contributed by atoms with Crippen LogP contribution in [0.2, 0.25) is 0 Å². The van der Waals surface area contributed by atoms with Gasteiger partial charge in [-0.15, -0.1) is 0 Å². The minimum atomic E-state index is -4.40. The van der Waals surface area contributed by atoms with E-state index in [-0.39, 0.29) is 38.6 Å². The van der Waals surface area contributed by atoms with Crippen LogP contribution in [0, 0.1) is 0 Å². The maximum Gasteiger partial charge on any atom is 0.472 e. The molecule has 0 aromatic carbocycles. The molecule has 0 heterocycles. The monoisotopic (exact) mass is 988 g/mol. The van der Waals surface area contributed by atoms with Gasteiger partial charge in [-0.3, -0.25) is 18.6 Å². The number of esters is 2. The summed E-state index contributed by atoms with van der Waals surface area (Å²) in [5.41, 5.74) is 5.38. The first-order chi connectivity index (χ1) is 33.8. The summed E-state index contributed by atoms with van der Waals surface area (Å²) in [4.78, 5) is 35.2. The van der Waals surface area contributed by atoms with Crippen molar-refractivity contribution >= 4 is 19.8 Å². The van der Waals surface area contributed by atoms with Crippen LogP contribution in [-0.4, -0.2) is 49.3 Å². The number of phosphoric acid groups is 1. The molecule has 2 unspecified atom stereocenters. The van der Waals surface area contributed by atoms with Crippen LogP contribution in [0.5, 0.6) is 0 Å². The number of unbranched alkanes of at least 4 members (excludes halogenated alkanes) is 28. The van der Waals surface area contributed by atoms with Crippen LogP contribution in [0.3, 0.4) is 0 Å². The summed E-state index contributed by atoms with van der Waals surface area (Å²) in [7, 11) is -4.40. The number of ether oxygens (including phenoxy) is 2. The zero-order chi connectivity index (χ0) is 50.2. The molecule has 0 saturated heterocycles. The van der Waals surface area contributed by atoms with Gasteiger partial charge < -0.3 is 20.1 Å². The quantitative estimate of drug-likeness (QED) is 0.0264. The molecule has 0 aliphatic heterocycles. The van der Waals surface area contributed by atoms with E-state index in [0.717, 1.165) is 83.5 Å². The fraction of sp³-hybridized carbons (Fsp3) is 0.763. The molecule has 0 saturated carbocycles. The molecule has 9 nitrogen and oxygen atoms in total. The summed E-state index contributed by atoms with van der Waals surface area (Å²) < 4.78 is 33.0. The number of nitrogens with two attached hydrogens (primary N) is 1. The van der Waals surface area contributed by atoms with Gasteiger partial charge in [-0.25, -0.2) is 4.57 Å². The summed E-state index contributed by atoms with van der Waals surface area (Å²) in [6.07, 6.45) is 69.6. The van der Waals surface area contributed by atoms with Crippen LogP contribution < -0.4 is 5.73 Å². The predicted octanol–water partition coefficient (Wildman–Crippen LogP) is 17.7. The third-order valence-electron chi connectivity index (χ3n) is 12.1. The van der Waals surface area contributed by atoms with Crippen molar-refractivity contribution in [2.45, 2.75) is 264 Å². The molecule has 10 heteroatoms. The van der Waals surface area contributed by atoms with Crippen LogP contribution in [0.4, 0.5) is 0 Å².